The number of pyridine rings is 1. The van der Waals surface area contributed by atoms with Gasteiger partial charge in [-0.15, -0.1) is 0 Å². The molecule has 0 fully saturated rings. The molecule has 0 aliphatic heterocycles. The van der Waals surface area contributed by atoms with E-state index in [2.05, 4.69) is 4.99 Å². The number of para-hydroxylation sites is 1. The van der Waals surface area contributed by atoms with Gasteiger partial charge in [0.05, 0.1) is 11.3 Å². The molecule has 0 saturated heterocycles. The van der Waals surface area contributed by atoms with Crippen LogP contribution in [0, 0.1) is 18.3 Å². The number of aromatic hydroxyl groups is 1. The molecule has 1 heterocycles. The average Bonchev–Trinajstić information content (AvgIpc) is 2.69. The first-order chi connectivity index (χ1) is 13.1. The number of aryl methyl sites for hydroxylation is 1. The van der Waals surface area contributed by atoms with E-state index in [0.29, 0.717) is 17.5 Å². The third-order valence-electron chi connectivity index (χ3n) is 4.41. The summed E-state index contributed by atoms with van der Waals surface area (Å²) in [4.78, 5) is 17.0. The van der Waals surface area contributed by atoms with Crippen LogP contribution in [0.15, 0.2) is 70.5 Å². The monoisotopic (exact) mass is 357 g/mol. The number of nitrogens with zero attached hydrogens (tertiary/aromatic N) is 3. The van der Waals surface area contributed by atoms with Crippen LogP contribution in [0.25, 0.3) is 0 Å². The molecule has 0 aliphatic rings. The molecule has 0 bridgehead atoms. The van der Waals surface area contributed by atoms with Gasteiger partial charge in [0.2, 0.25) is 5.88 Å². The van der Waals surface area contributed by atoms with E-state index in [9.17, 15) is 15.2 Å². The van der Waals surface area contributed by atoms with Gasteiger partial charge in [0.1, 0.15) is 11.6 Å². The number of hydrogen-bond donors (Lipinski definition) is 1. The standard InChI is InChI=1S/C22H19N3O2/c1-16-19(14-23)21(26)25(13-12-17-8-4-2-5-9-17)22(27)20(16)15-24-18-10-6-3-7-11-18/h2-11,15,27H,12-13H2,1H3. The molecule has 0 radical (unpaired) electrons. The average molecular weight is 357 g/mol. The van der Waals surface area contributed by atoms with Crippen molar-refractivity contribution in [2.75, 3.05) is 0 Å². The topological polar surface area (TPSA) is 78.4 Å². The van der Waals surface area contributed by atoms with E-state index in [4.69, 9.17) is 0 Å². The molecule has 134 valence electrons. The summed E-state index contributed by atoms with van der Waals surface area (Å²) in [5, 5.41) is 20.1. The SMILES string of the molecule is Cc1c(C=Nc2ccccc2)c(O)n(CCc2ccccc2)c(=O)c1C#N. The molecule has 1 aromatic heterocycles. The van der Waals surface area contributed by atoms with E-state index in [1.807, 2.05) is 66.7 Å². The fourth-order valence-electron chi connectivity index (χ4n) is 2.87. The molecule has 0 amide bonds. The number of rotatable bonds is 5. The van der Waals surface area contributed by atoms with Crippen LogP contribution < -0.4 is 5.56 Å². The highest BCUT2D eigenvalue weighted by molar-refractivity contribution is 5.87. The third kappa shape index (κ3) is 3.96. The molecule has 2 aromatic carbocycles. The van der Waals surface area contributed by atoms with Gasteiger partial charge < -0.3 is 5.11 Å². The maximum Gasteiger partial charge on any atom is 0.271 e. The minimum Gasteiger partial charge on any atom is -0.494 e. The molecule has 0 spiro atoms. The van der Waals surface area contributed by atoms with Crippen molar-refractivity contribution in [3.05, 3.63) is 93.3 Å². The fraction of sp³-hybridized carbons (Fsp3) is 0.136. The zero-order valence-corrected chi connectivity index (χ0v) is 15.0. The van der Waals surface area contributed by atoms with E-state index in [1.165, 1.54) is 10.8 Å². The Kier molecular flexibility index (Phi) is 5.48. The smallest absolute Gasteiger partial charge is 0.271 e. The first-order valence-corrected chi connectivity index (χ1v) is 8.61. The van der Waals surface area contributed by atoms with Crippen LogP contribution in [-0.2, 0) is 13.0 Å². The van der Waals surface area contributed by atoms with Crippen molar-refractivity contribution in [2.24, 2.45) is 4.99 Å². The highest BCUT2D eigenvalue weighted by atomic mass is 16.3. The molecule has 1 N–H and O–H groups in total. The summed E-state index contributed by atoms with van der Waals surface area (Å²) < 4.78 is 1.24. The van der Waals surface area contributed by atoms with Crippen LogP contribution in [0.1, 0.15) is 22.3 Å². The zero-order valence-electron chi connectivity index (χ0n) is 15.0. The molecule has 0 saturated carbocycles. The highest BCUT2D eigenvalue weighted by Crippen LogP contribution is 2.21. The lowest BCUT2D eigenvalue weighted by Crippen LogP contribution is -2.26. The van der Waals surface area contributed by atoms with Crippen molar-refractivity contribution in [3.8, 4) is 11.9 Å². The molecular weight excluding hydrogens is 338 g/mol. The lowest BCUT2D eigenvalue weighted by molar-refractivity contribution is 0.404. The molecular formula is C22H19N3O2. The van der Waals surface area contributed by atoms with Crippen molar-refractivity contribution in [3.63, 3.8) is 0 Å². The zero-order chi connectivity index (χ0) is 19.2. The summed E-state index contributed by atoms with van der Waals surface area (Å²) in [6.07, 6.45) is 2.07. The molecule has 3 rings (SSSR count). The van der Waals surface area contributed by atoms with Crippen LogP contribution >= 0.6 is 0 Å². The Labute approximate surface area is 157 Å². The first-order valence-electron chi connectivity index (χ1n) is 8.61. The minimum atomic E-state index is -0.486. The Morgan fingerprint density at radius 1 is 1.11 bits per heavy atom. The summed E-state index contributed by atoms with van der Waals surface area (Å²) in [7, 11) is 0. The summed E-state index contributed by atoms with van der Waals surface area (Å²) in [6.45, 7) is 1.92. The van der Waals surface area contributed by atoms with Gasteiger partial charge in [0.25, 0.3) is 5.56 Å². The van der Waals surface area contributed by atoms with E-state index >= 15 is 0 Å². The number of nitriles is 1. The lowest BCUT2D eigenvalue weighted by Gasteiger charge is -2.14. The number of hydrogen-bond acceptors (Lipinski definition) is 4. The minimum absolute atomic E-state index is 0.0235. The van der Waals surface area contributed by atoms with Crippen molar-refractivity contribution in [1.29, 1.82) is 5.26 Å². The number of aromatic nitrogens is 1. The molecule has 5 heteroatoms. The van der Waals surface area contributed by atoms with Crippen molar-refractivity contribution < 1.29 is 5.11 Å². The number of benzene rings is 2. The molecule has 0 atom stereocenters. The van der Waals surface area contributed by atoms with Crippen molar-refractivity contribution in [1.82, 2.24) is 4.57 Å². The van der Waals surface area contributed by atoms with E-state index in [-0.39, 0.29) is 18.0 Å². The predicted molar refractivity (Wildman–Crippen MR) is 106 cm³/mol. The quantitative estimate of drug-likeness (QED) is 0.707. The Morgan fingerprint density at radius 3 is 2.37 bits per heavy atom. The number of aliphatic imine (C=N–C) groups is 1. The molecule has 0 unspecified atom stereocenters. The molecule has 27 heavy (non-hydrogen) atoms. The second-order valence-electron chi connectivity index (χ2n) is 6.14. The maximum absolute atomic E-state index is 12.6. The van der Waals surface area contributed by atoms with Gasteiger partial charge in [0.15, 0.2) is 0 Å². The van der Waals surface area contributed by atoms with Crippen LogP contribution in [0.5, 0.6) is 5.88 Å². The second-order valence-corrected chi connectivity index (χ2v) is 6.14. The maximum atomic E-state index is 12.6. The first kappa shape index (κ1) is 18.2. The van der Waals surface area contributed by atoms with E-state index in [1.54, 1.807) is 6.92 Å². The summed E-state index contributed by atoms with van der Waals surface area (Å²) >= 11 is 0. The predicted octanol–water partition coefficient (Wildman–Crippen LogP) is 3.73. The van der Waals surface area contributed by atoms with Crippen molar-refractivity contribution >= 4 is 11.9 Å². The Balaban J connectivity index is 2.02. The van der Waals surface area contributed by atoms with Gasteiger partial charge in [-0.3, -0.25) is 14.4 Å². The molecule has 0 aliphatic carbocycles. The fourth-order valence-corrected chi connectivity index (χ4v) is 2.87. The lowest BCUT2D eigenvalue weighted by atomic mass is 10.1. The Bertz CT molecular complexity index is 1060. The third-order valence-corrected chi connectivity index (χ3v) is 4.41. The summed E-state index contributed by atoms with van der Waals surface area (Å²) in [6, 6.07) is 20.9. The van der Waals surface area contributed by atoms with Crippen LogP contribution in [0.4, 0.5) is 5.69 Å². The van der Waals surface area contributed by atoms with Crippen LogP contribution in [0.2, 0.25) is 0 Å². The van der Waals surface area contributed by atoms with E-state index < -0.39 is 5.56 Å². The van der Waals surface area contributed by atoms with Crippen molar-refractivity contribution in [2.45, 2.75) is 19.9 Å². The van der Waals surface area contributed by atoms with Gasteiger partial charge in [0, 0.05) is 12.8 Å². The largest absolute Gasteiger partial charge is 0.494 e. The van der Waals surface area contributed by atoms with Crippen LogP contribution in [-0.4, -0.2) is 15.9 Å². The van der Waals surface area contributed by atoms with Gasteiger partial charge in [-0.25, -0.2) is 0 Å². The van der Waals surface area contributed by atoms with Crippen LogP contribution in [0.3, 0.4) is 0 Å². The molecule has 3 aromatic rings. The molecule has 5 nitrogen and oxygen atoms in total. The van der Waals surface area contributed by atoms with Gasteiger partial charge >= 0.3 is 0 Å². The normalized spacial score (nSPS) is 10.8. The van der Waals surface area contributed by atoms with Gasteiger partial charge in [-0.05, 0) is 36.6 Å². The Hall–Kier alpha value is -3.65. The second kappa shape index (κ2) is 8.15. The highest BCUT2D eigenvalue weighted by Gasteiger charge is 2.17. The Morgan fingerprint density at radius 2 is 1.74 bits per heavy atom. The van der Waals surface area contributed by atoms with E-state index in [0.717, 1.165) is 11.3 Å². The van der Waals surface area contributed by atoms with Gasteiger partial charge in [-0.2, -0.15) is 5.26 Å². The summed E-state index contributed by atoms with van der Waals surface area (Å²) in [5.41, 5.74) is 2.11. The summed E-state index contributed by atoms with van der Waals surface area (Å²) in [5.74, 6) is -0.174. The van der Waals surface area contributed by atoms with Gasteiger partial charge in [-0.1, -0.05) is 48.5 Å².